The van der Waals surface area contributed by atoms with E-state index in [1.807, 2.05) is 19.1 Å². The molecule has 1 amide bonds. The Bertz CT molecular complexity index is 390. The molecule has 0 saturated heterocycles. The van der Waals surface area contributed by atoms with Gasteiger partial charge in [0.2, 0.25) is 5.91 Å². The van der Waals surface area contributed by atoms with Gasteiger partial charge in [-0.15, -0.1) is 11.3 Å². The van der Waals surface area contributed by atoms with Gasteiger partial charge in [-0.3, -0.25) is 4.79 Å². The molecule has 1 aromatic rings. The van der Waals surface area contributed by atoms with Gasteiger partial charge in [-0.1, -0.05) is 11.6 Å². The van der Waals surface area contributed by atoms with E-state index in [4.69, 9.17) is 11.6 Å². The van der Waals surface area contributed by atoms with Gasteiger partial charge in [-0.25, -0.2) is 0 Å². The lowest BCUT2D eigenvalue weighted by atomic mass is 10.3. The molecule has 0 bridgehead atoms. The largest absolute Gasteiger partial charge is 0.348 e. The van der Waals surface area contributed by atoms with Gasteiger partial charge in [-0.05, 0) is 44.4 Å². The van der Waals surface area contributed by atoms with Gasteiger partial charge in [0, 0.05) is 4.88 Å². The van der Waals surface area contributed by atoms with E-state index in [1.165, 1.54) is 24.2 Å². The second-order valence-electron chi connectivity index (χ2n) is 4.51. The third-order valence-corrected chi connectivity index (χ3v) is 4.23. The van der Waals surface area contributed by atoms with Crippen molar-refractivity contribution < 1.29 is 4.79 Å². The maximum absolute atomic E-state index is 11.6. The van der Waals surface area contributed by atoms with Crippen molar-refractivity contribution in [3.63, 3.8) is 0 Å². The number of carbonyl (C=O) groups is 1. The van der Waals surface area contributed by atoms with Crippen molar-refractivity contribution in [1.29, 1.82) is 0 Å². The second kappa shape index (κ2) is 5.85. The van der Waals surface area contributed by atoms with Crippen LogP contribution in [0.5, 0.6) is 0 Å². The van der Waals surface area contributed by atoms with Crippen LogP contribution in [0.2, 0.25) is 4.34 Å². The normalized spacial score (nSPS) is 16.8. The van der Waals surface area contributed by atoms with E-state index in [2.05, 4.69) is 10.6 Å². The topological polar surface area (TPSA) is 41.1 Å². The molecule has 0 aromatic carbocycles. The Balaban J connectivity index is 1.69. The SMILES string of the molecule is CC(NC(=O)CNCC1CC1)c1ccc(Cl)s1. The summed E-state index contributed by atoms with van der Waals surface area (Å²) in [6.07, 6.45) is 2.61. The smallest absolute Gasteiger partial charge is 0.234 e. The molecule has 1 heterocycles. The van der Waals surface area contributed by atoms with Gasteiger partial charge in [0.25, 0.3) is 0 Å². The van der Waals surface area contributed by atoms with Gasteiger partial charge in [0.05, 0.1) is 16.9 Å². The van der Waals surface area contributed by atoms with Gasteiger partial charge in [0.15, 0.2) is 0 Å². The van der Waals surface area contributed by atoms with Gasteiger partial charge in [0.1, 0.15) is 0 Å². The number of hydrogen-bond acceptors (Lipinski definition) is 3. The fraction of sp³-hybridized carbons (Fsp3) is 0.583. The molecule has 1 aliphatic rings. The average molecular weight is 273 g/mol. The molecule has 1 atom stereocenters. The van der Waals surface area contributed by atoms with E-state index in [0.717, 1.165) is 21.7 Å². The zero-order chi connectivity index (χ0) is 12.3. The molecule has 0 spiro atoms. The Kier molecular flexibility index (Phi) is 4.42. The highest BCUT2D eigenvalue weighted by Gasteiger charge is 2.20. The molecular formula is C12H17ClN2OS. The molecule has 1 fully saturated rings. The van der Waals surface area contributed by atoms with Crippen LogP contribution in [0.4, 0.5) is 0 Å². The minimum absolute atomic E-state index is 0.0303. The lowest BCUT2D eigenvalue weighted by Gasteiger charge is -2.12. The third kappa shape index (κ3) is 4.30. The van der Waals surface area contributed by atoms with E-state index in [0.29, 0.717) is 6.54 Å². The number of rotatable bonds is 6. The van der Waals surface area contributed by atoms with E-state index >= 15 is 0 Å². The quantitative estimate of drug-likeness (QED) is 0.836. The number of halogens is 1. The number of thiophene rings is 1. The van der Waals surface area contributed by atoms with Crippen LogP contribution in [0, 0.1) is 5.92 Å². The Labute approximate surface area is 111 Å². The standard InChI is InChI=1S/C12H17ClN2OS/c1-8(10-4-5-11(13)17-10)15-12(16)7-14-6-9-2-3-9/h4-5,8-9,14H,2-3,6-7H2,1H3,(H,15,16). The van der Waals surface area contributed by atoms with Crippen molar-refractivity contribution in [2.45, 2.75) is 25.8 Å². The highest BCUT2D eigenvalue weighted by atomic mass is 35.5. The minimum Gasteiger partial charge on any atom is -0.348 e. The summed E-state index contributed by atoms with van der Waals surface area (Å²) >= 11 is 7.37. The first-order valence-electron chi connectivity index (χ1n) is 5.90. The van der Waals surface area contributed by atoms with Crippen LogP contribution in [0.3, 0.4) is 0 Å². The third-order valence-electron chi connectivity index (χ3n) is 2.81. The Morgan fingerprint density at radius 3 is 2.94 bits per heavy atom. The summed E-state index contributed by atoms with van der Waals surface area (Å²) in [4.78, 5) is 12.7. The maximum atomic E-state index is 11.6. The molecule has 1 unspecified atom stereocenters. The Morgan fingerprint density at radius 1 is 1.59 bits per heavy atom. The van der Waals surface area contributed by atoms with E-state index in [-0.39, 0.29) is 11.9 Å². The second-order valence-corrected chi connectivity index (χ2v) is 6.25. The zero-order valence-electron chi connectivity index (χ0n) is 9.83. The van der Waals surface area contributed by atoms with Crippen LogP contribution < -0.4 is 10.6 Å². The molecule has 2 N–H and O–H groups in total. The average Bonchev–Trinajstić information content (AvgIpc) is 2.99. The summed E-state index contributed by atoms with van der Waals surface area (Å²) in [5, 5.41) is 6.13. The first kappa shape index (κ1) is 12.9. The fourth-order valence-electron chi connectivity index (χ4n) is 1.64. The lowest BCUT2D eigenvalue weighted by Crippen LogP contribution is -2.35. The van der Waals surface area contributed by atoms with Crippen LogP contribution in [0.15, 0.2) is 12.1 Å². The summed E-state index contributed by atoms with van der Waals surface area (Å²) in [6.45, 7) is 3.34. The van der Waals surface area contributed by atoms with Crippen molar-refractivity contribution in [3.8, 4) is 0 Å². The van der Waals surface area contributed by atoms with E-state index < -0.39 is 0 Å². The van der Waals surface area contributed by atoms with Crippen molar-refractivity contribution >= 4 is 28.8 Å². The summed E-state index contributed by atoms with van der Waals surface area (Å²) in [6, 6.07) is 3.84. The van der Waals surface area contributed by atoms with Crippen LogP contribution in [-0.2, 0) is 4.79 Å². The monoisotopic (exact) mass is 272 g/mol. The van der Waals surface area contributed by atoms with Crippen molar-refractivity contribution in [2.75, 3.05) is 13.1 Å². The molecule has 17 heavy (non-hydrogen) atoms. The van der Waals surface area contributed by atoms with Crippen LogP contribution in [-0.4, -0.2) is 19.0 Å². The van der Waals surface area contributed by atoms with Crippen LogP contribution in [0.25, 0.3) is 0 Å². The Morgan fingerprint density at radius 2 is 2.35 bits per heavy atom. The lowest BCUT2D eigenvalue weighted by molar-refractivity contribution is -0.120. The van der Waals surface area contributed by atoms with E-state index in [9.17, 15) is 4.79 Å². The molecule has 3 nitrogen and oxygen atoms in total. The van der Waals surface area contributed by atoms with Gasteiger partial charge < -0.3 is 10.6 Å². The molecule has 94 valence electrons. The highest BCUT2D eigenvalue weighted by Crippen LogP contribution is 2.27. The number of hydrogen-bond donors (Lipinski definition) is 2. The number of amides is 1. The fourth-order valence-corrected chi connectivity index (χ4v) is 2.70. The molecule has 1 saturated carbocycles. The van der Waals surface area contributed by atoms with Crippen LogP contribution in [0.1, 0.15) is 30.7 Å². The molecule has 0 radical (unpaired) electrons. The van der Waals surface area contributed by atoms with Crippen molar-refractivity contribution in [3.05, 3.63) is 21.3 Å². The molecular weight excluding hydrogens is 256 g/mol. The molecule has 5 heteroatoms. The summed E-state index contributed by atoms with van der Waals surface area (Å²) in [7, 11) is 0. The first-order valence-corrected chi connectivity index (χ1v) is 7.10. The highest BCUT2D eigenvalue weighted by molar-refractivity contribution is 7.16. The number of carbonyl (C=O) groups excluding carboxylic acids is 1. The summed E-state index contributed by atoms with van der Waals surface area (Å²) < 4.78 is 0.757. The van der Waals surface area contributed by atoms with Gasteiger partial charge in [-0.2, -0.15) is 0 Å². The summed E-state index contributed by atoms with van der Waals surface area (Å²) in [5.74, 6) is 0.846. The van der Waals surface area contributed by atoms with Crippen molar-refractivity contribution in [1.82, 2.24) is 10.6 Å². The molecule has 1 aromatic heterocycles. The van der Waals surface area contributed by atoms with Crippen LogP contribution >= 0.6 is 22.9 Å². The zero-order valence-corrected chi connectivity index (χ0v) is 11.4. The predicted octanol–water partition coefficient (Wildman–Crippen LogP) is 2.58. The Hall–Kier alpha value is -0.580. The van der Waals surface area contributed by atoms with Gasteiger partial charge >= 0.3 is 0 Å². The number of nitrogens with one attached hydrogen (secondary N) is 2. The molecule has 2 rings (SSSR count). The molecule has 1 aliphatic carbocycles. The predicted molar refractivity (Wildman–Crippen MR) is 71.5 cm³/mol. The maximum Gasteiger partial charge on any atom is 0.234 e. The molecule has 0 aliphatic heterocycles. The minimum atomic E-state index is 0.0303. The first-order chi connectivity index (χ1) is 8.15. The van der Waals surface area contributed by atoms with E-state index in [1.54, 1.807) is 0 Å². The van der Waals surface area contributed by atoms with Crippen molar-refractivity contribution in [2.24, 2.45) is 5.92 Å². The summed E-state index contributed by atoms with van der Waals surface area (Å²) in [5.41, 5.74) is 0.